The van der Waals surface area contributed by atoms with E-state index in [1.165, 1.54) is 5.56 Å². The van der Waals surface area contributed by atoms with Crippen molar-refractivity contribution in [2.75, 3.05) is 5.32 Å². The number of rotatable bonds is 1. The van der Waals surface area contributed by atoms with Gasteiger partial charge in [-0.25, -0.2) is 0 Å². The van der Waals surface area contributed by atoms with Gasteiger partial charge in [0.2, 0.25) is 5.91 Å². The summed E-state index contributed by atoms with van der Waals surface area (Å²) in [6.45, 7) is 4.38. The lowest BCUT2D eigenvalue weighted by molar-refractivity contribution is 0.1000. The van der Waals surface area contributed by atoms with Crippen LogP contribution < -0.4 is 11.1 Å². The highest BCUT2D eigenvalue weighted by atomic mass is 16.1. The molecule has 2 unspecified atom stereocenters. The molecule has 0 fully saturated rings. The van der Waals surface area contributed by atoms with Gasteiger partial charge in [0.25, 0.3) is 0 Å². The van der Waals surface area contributed by atoms with E-state index >= 15 is 0 Å². The monoisotopic (exact) mass is 204 g/mol. The number of nitrogens with two attached hydrogens (primary N) is 1. The number of benzene rings is 1. The van der Waals surface area contributed by atoms with Crippen LogP contribution in [0.25, 0.3) is 0 Å². The summed E-state index contributed by atoms with van der Waals surface area (Å²) in [4.78, 5) is 11.0. The molecule has 0 aliphatic carbocycles. The standard InChI is InChI=1S/C12H16N2O/c1-7-5-10-6-9(12(13)15)3-4-11(10)14-8(7)2/h3-4,6-8,14H,5H2,1-2H3,(H2,13,15). The summed E-state index contributed by atoms with van der Waals surface area (Å²) < 4.78 is 0. The summed E-state index contributed by atoms with van der Waals surface area (Å²) in [5.74, 6) is 0.227. The van der Waals surface area contributed by atoms with Crippen LogP contribution in [-0.2, 0) is 6.42 Å². The van der Waals surface area contributed by atoms with Gasteiger partial charge >= 0.3 is 0 Å². The predicted octanol–water partition coefficient (Wildman–Crippen LogP) is 1.78. The zero-order valence-electron chi connectivity index (χ0n) is 9.08. The lowest BCUT2D eigenvalue weighted by atomic mass is 9.89. The summed E-state index contributed by atoms with van der Waals surface area (Å²) in [6.07, 6.45) is 1.00. The third-order valence-corrected chi connectivity index (χ3v) is 3.17. The summed E-state index contributed by atoms with van der Waals surface area (Å²) in [5.41, 5.74) is 8.17. The highest BCUT2D eigenvalue weighted by Gasteiger charge is 2.21. The molecule has 0 bridgehead atoms. The summed E-state index contributed by atoms with van der Waals surface area (Å²) in [7, 11) is 0. The number of carbonyl (C=O) groups excluding carboxylic acids is 1. The maximum absolute atomic E-state index is 11.0. The van der Waals surface area contributed by atoms with Crippen molar-refractivity contribution in [2.24, 2.45) is 11.7 Å². The van der Waals surface area contributed by atoms with Crippen molar-refractivity contribution in [2.45, 2.75) is 26.3 Å². The van der Waals surface area contributed by atoms with Crippen LogP contribution in [0.3, 0.4) is 0 Å². The molecule has 15 heavy (non-hydrogen) atoms. The topological polar surface area (TPSA) is 55.1 Å². The Hall–Kier alpha value is -1.51. The molecule has 0 aromatic heterocycles. The molecule has 1 heterocycles. The zero-order chi connectivity index (χ0) is 11.0. The molecular formula is C12H16N2O. The average molecular weight is 204 g/mol. The summed E-state index contributed by atoms with van der Waals surface area (Å²) in [6, 6.07) is 6.10. The molecule has 0 spiro atoms. The van der Waals surface area contributed by atoms with Gasteiger partial charge in [-0.3, -0.25) is 4.79 Å². The van der Waals surface area contributed by atoms with Gasteiger partial charge in [0.1, 0.15) is 0 Å². The number of hydrogen-bond acceptors (Lipinski definition) is 2. The van der Waals surface area contributed by atoms with Gasteiger partial charge < -0.3 is 11.1 Å². The highest BCUT2D eigenvalue weighted by molar-refractivity contribution is 5.93. The van der Waals surface area contributed by atoms with Gasteiger partial charge in [0, 0.05) is 17.3 Å². The first-order chi connectivity index (χ1) is 7.08. The molecule has 1 aromatic carbocycles. The van der Waals surface area contributed by atoms with Crippen LogP contribution in [0.15, 0.2) is 18.2 Å². The Labute approximate surface area is 89.7 Å². The van der Waals surface area contributed by atoms with Crippen molar-refractivity contribution in [1.29, 1.82) is 0 Å². The van der Waals surface area contributed by atoms with Gasteiger partial charge in [-0.15, -0.1) is 0 Å². The minimum atomic E-state index is -0.357. The van der Waals surface area contributed by atoms with Crippen LogP contribution in [0.1, 0.15) is 29.8 Å². The number of primary amides is 1. The Kier molecular flexibility index (Phi) is 2.39. The molecule has 80 valence electrons. The van der Waals surface area contributed by atoms with E-state index in [9.17, 15) is 4.79 Å². The summed E-state index contributed by atoms with van der Waals surface area (Å²) in [5, 5.41) is 3.42. The van der Waals surface area contributed by atoms with E-state index in [1.807, 2.05) is 12.1 Å². The van der Waals surface area contributed by atoms with E-state index in [0.717, 1.165) is 12.1 Å². The second kappa shape index (κ2) is 3.57. The molecule has 0 saturated heterocycles. The first-order valence-corrected chi connectivity index (χ1v) is 5.27. The van der Waals surface area contributed by atoms with Crippen molar-refractivity contribution in [3.63, 3.8) is 0 Å². The van der Waals surface area contributed by atoms with E-state index in [4.69, 9.17) is 5.73 Å². The van der Waals surface area contributed by atoms with Gasteiger partial charge in [-0.2, -0.15) is 0 Å². The van der Waals surface area contributed by atoms with E-state index in [-0.39, 0.29) is 5.91 Å². The largest absolute Gasteiger partial charge is 0.382 e. The minimum Gasteiger partial charge on any atom is -0.382 e. The van der Waals surface area contributed by atoms with E-state index in [2.05, 4.69) is 19.2 Å². The molecule has 1 aliphatic heterocycles. The van der Waals surface area contributed by atoms with E-state index in [0.29, 0.717) is 17.5 Å². The van der Waals surface area contributed by atoms with Crippen molar-refractivity contribution in [1.82, 2.24) is 0 Å². The third kappa shape index (κ3) is 1.82. The Bertz CT molecular complexity index is 401. The Morgan fingerprint density at radius 2 is 2.20 bits per heavy atom. The van der Waals surface area contributed by atoms with Gasteiger partial charge in [0.15, 0.2) is 0 Å². The normalized spacial score (nSPS) is 24.1. The maximum Gasteiger partial charge on any atom is 0.248 e. The SMILES string of the molecule is CC1Cc2cc(C(N)=O)ccc2NC1C. The number of anilines is 1. The Balaban J connectivity index is 2.37. The third-order valence-electron chi connectivity index (χ3n) is 3.17. The van der Waals surface area contributed by atoms with Crippen LogP contribution >= 0.6 is 0 Å². The van der Waals surface area contributed by atoms with Gasteiger partial charge in [-0.1, -0.05) is 6.92 Å². The number of hydrogen-bond donors (Lipinski definition) is 2. The average Bonchev–Trinajstić information content (AvgIpc) is 2.19. The van der Waals surface area contributed by atoms with Crippen LogP contribution in [0.5, 0.6) is 0 Å². The second-order valence-electron chi connectivity index (χ2n) is 4.35. The molecule has 1 amide bonds. The quantitative estimate of drug-likeness (QED) is 0.732. The second-order valence-corrected chi connectivity index (χ2v) is 4.35. The zero-order valence-corrected chi connectivity index (χ0v) is 9.08. The summed E-state index contributed by atoms with van der Waals surface area (Å²) >= 11 is 0. The van der Waals surface area contributed by atoms with Gasteiger partial charge in [0.05, 0.1) is 0 Å². The van der Waals surface area contributed by atoms with E-state index in [1.54, 1.807) is 6.07 Å². The number of fused-ring (bicyclic) bond motifs is 1. The highest BCUT2D eigenvalue weighted by Crippen LogP contribution is 2.28. The fourth-order valence-electron chi connectivity index (χ4n) is 1.97. The molecule has 0 radical (unpaired) electrons. The molecule has 1 aliphatic rings. The van der Waals surface area contributed by atoms with Crippen LogP contribution in [0.4, 0.5) is 5.69 Å². The number of carbonyl (C=O) groups is 1. The maximum atomic E-state index is 11.0. The van der Waals surface area contributed by atoms with Crippen molar-refractivity contribution >= 4 is 11.6 Å². The lowest BCUT2D eigenvalue weighted by Crippen LogP contribution is -2.30. The molecule has 0 saturated carbocycles. The Morgan fingerprint density at radius 1 is 1.47 bits per heavy atom. The fourth-order valence-corrected chi connectivity index (χ4v) is 1.97. The lowest BCUT2D eigenvalue weighted by Gasteiger charge is -2.30. The molecule has 3 heteroatoms. The van der Waals surface area contributed by atoms with Crippen LogP contribution in [0.2, 0.25) is 0 Å². The number of amides is 1. The van der Waals surface area contributed by atoms with Crippen molar-refractivity contribution < 1.29 is 4.79 Å². The fraction of sp³-hybridized carbons (Fsp3) is 0.417. The predicted molar refractivity (Wildman–Crippen MR) is 60.9 cm³/mol. The molecule has 3 N–H and O–H groups in total. The molecule has 3 nitrogen and oxygen atoms in total. The first-order valence-electron chi connectivity index (χ1n) is 5.27. The van der Waals surface area contributed by atoms with Gasteiger partial charge in [-0.05, 0) is 43.0 Å². The molecular weight excluding hydrogens is 188 g/mol. The number of nitrogens with one attached hydrogen (secondary N) is 1. The molecule has 1 aromatic rings. The smallest absolute Gasteiger partial charge is 0.248 e. The van der Waals surface area contributed by atoms with Crippen molar-refractivity contribution in [3.05, 3.63) is 29.3 Å². The minimum absolute atomic E-state index is 0.357. The molecule has 2 rings (SSSR count). The first kappa shape index (κ1) is 10.0. The molecule has 2 atom stereocenters. The van der Waals surface area contributed by atoms with Crippen LogP contribution in [0, 0.1) is 5.92 Å². The van der Waals surface area contributed by atoms with Crippen molar-refractivity contribution in [3.8, 4) is 0 Å². The van der Waals surface area contributed by atoms with E-state index < -0.39 is 0 Å². The Morgan fingerprint density at radius 3 is 2.87 bits per heavy atom. The van der Waals surface area contributed by atoms with Crippen LogP contribution in [-0.4, -0.2) is 11.9 Å².